The monoisotopic (exact) mass is 263 g/mol. The summed E-state index contributed by atoms with van der Waals surface area (Å²) in [6.07, 6.45) is -5.96. The van der Waals surface area contributed by atoms with Gasteiger partial charge in [-0.25, -0.2) is 0 Å². The Morgan fingerprint density at radius 1 is 1.44 bits per heavy atom. The average molecular weight is 263 g/mol. The Morgan fingerprint density at radius 3 is 2.50 bits per heavy atom. The van der Waals surface area contributed by atoms with Gasteiger partial charge in [0.1, 0.15) is 0 Å². The lowest BCUT2D eigenvalue weighted by molar-refractivity contribution is -0.144. The highest BCUT2D eigenvalue weighted by Gasteiger charge is 2.28. The van der Waals surface area contributed by atoms with Crippen LogP contribution in [0.25, 0.3) is 0 Å². The van der Waals surface area contributed by atoms with E-state index in [9.17, 15) is 18.0 Å². The lowest BCUT2D eigenvalue weighted by atomic mass is 10.1. The van der Waals surface area contributed by atoms with E-state index in [2.05, 4.69) is 15.5 Å². The second kappa shape index (κ2) is 5.41. The lowest BCUT2D eigenvalue weighted by Crippen LogP contribution is -2.28. The zero-order chi connectivity index (χ0) is 13.9. The van der Waals surface area contributed by atoms with Crippen LogP contribution in [-0.2, 0) is 4.79 Å². The van der Waals surface area contributed by atoms with Crippen molar-refractivity contribution < 1.29 is 18.0 Å². The van der Waals surface area contributed by atoms with Crippen LogP contribution in [-0.4, -0.2) is 22.3 Å². The molecule has 0 aliphatic carbocycles. The molecule has 1 atom stereocenters. The van der Waals surface area contributed by atoms with Gasteiger partial charge in [0.2, 0.25) is 5.91 Å². The highest BCUT2D eigenvalue weighted by Crippen LogP contribution is 2.22. The number of aromatic amines is 1. The summed E-state index contributed by atoms with van der Waals surface area (Å²) in [5.74, 6) is -0.611. The van der Waals surface area contributed by atoms with E-state index in [4.69, 9.17) is 0 Å². The van der Waals surface area contributed by atoms with Gasteiger partial charge in [-0.2, -0.15) is 18.3 Å². The lowest BCUT2D eigenvalue weighted by Gasteiger charge is -2.15. The zero-order valence-electron chi connectivity index (χ0n) is 10.5. The fraction of sp³-hybridized carbons (Fsp3) is 0.636. The summed E-state index contributed by atoms with van der Waals surface area (Å²) in [5, 5.41) is 9.28. The summed E-state index contributed by atoms with van der Waals surface area (Å²) >= 11 is 0. The molecule has 4 nitrogen and oxygen atoms in total. The van der Waals surface area contributed by atoms with Gasteiger partial charge in [-0.1, -0.05) is 0 Å². The van der Waals surface area contributed by atoms with Gasteiger partial charge in [-0.15, -0.1) is 0 Å². The van der Waals surface area contributed by atoms with Crippen LogP contribution >= 0.6 is 0 Å². The number of carbonyl (C=O) groups is 1. The summed E-state index contributed by atoms with van der Waals surface area (Å²) in [5.41, 5.74) is 2.35. The van der Waals surface area contributed by atoms with Crippen molar-refractivity contribution in [2.75, 3.05) is 0 Å². The highest BCUT2D eigenvalue weighted by atomic mass is 19.4. The van der Waals surface area contributed by atoms with Crippen LogP contribution in [0.2, 0.25) is 0 Å². The minimum absolute atomic E-state index is 0.357. The van der Waals surface area contributed by atoms with E-state index >= 15 is 0 Å². The van der Waals surface area contributed by atoms with Crippen LogP contribution in [0, 0.1) is 13.8 Å². The number of aromatic nitrogens is 2. The number of nitrogens with zero attached hydrogens (tertiary/aromatic N) is 1. The second-order valence-electron chi connectivity index (χ2n) is 4.25. The minimum atomic E-state index is -4.30. The number of hydrogen-bond acceptors (Lipinski definition) is 2. The largest absolute Gasteiger partial charge is 0.389 e. The van der Waals surface area contributed by atoms with Crippen LogP contribution in [0.15, 0.2) is 0 Å². The third kappa shape index (κ3) is 4.05. The van der Waals surface area contributed by atoms with Gasteiger partial charge in [0.25, 0.3) is 0 Å². The fourth-order valence-corrected chi connectivity index (χ4v) is 1.84. The minimum Gasteiger partial charge on any atom is -0.349 e. The quantitative estimate of drug-likeness (QED) is 0.877. The van der Waals surface area contributed by atoms with Gasteiger partial charge >= 0.3 is 6.18 Å². The van der Waals surface area contributed by atoms with Crippen molar-refractivity contribution in [2.45, 2.75) is 45.8 Å². The van der Waals surface area contributed by atoms with E-state index in [1.807, 2.05) is 0 Å². The van der Waals surface area contributed by atoms with Crippen molar-refractivity contribution in [1.29, 1.82) is 0 Å². The smallest absolute Gasteiger partial charge is 0.349 e. The summed E-state index contributed by atoms with van der Waals surface area (Å²) in [6, 6.07) is -0.357. The fourth-order valence-electron chi connectivity index (χ4n) is 1.84. The topological polar surface area (TPSA) is 57.8 Å². The Kier molecular flexibility index (Phi) is 4.37. The van der Waals surface area contributed by atoms with Crippen LogP contribution < -0.4 is 5.32 Å². The molecule has 0 saturated heterocycles. The Hall–Kier alpha value is -1.53. The van der Waals surface area contributed by atoms with E-state index in [-0.39, 0.29) is 6.04 Å². The number of rotatable bonds is 4. The van der Waals surface area contributed by atoms with Gasteiger partial charge in [0.05, 0.1) is 18.2 Å². The van der Waals surface area contributed by atoms with Crippen LogP contribution in [0.1, 0.15) is 42.8 Å². The molecule has 0 bridgehead atoms. The Labute approximate surface area is 103 Å². The molecule has 1 aromatic heterocycles. The molecule has 1 unspecified atom stereocenters. The van der Waals surface area contributed by atoms with E-state index in [0.717, 1.165) is 17.0 Å². The van der Waals surface area contributed by atoms with Gasteiger partial charge in [-0.05, 0) is 20.8 Å². The number of H-pyrrole nitrogens is 1. The maximum Gasteiger partial charge on any atom is 0.389 e. The van der Waals surface area contributed by atoms with Crippen LogP contribution in [0.4, 0.5) is 13.2 Å². The zero-order valence-corrected chi connectivity index (χ0v) is 10.5. The average Bonchev–Trinajstić information content (AvgIpc) is 2.54. The Bertz CT molecular complexity index is 406. The first-order valence-corrected chi connectivity index (χ1v) is 5.58. The molecule has 0 aliphatic rings. The number of carbonyl (C=O) groups excluding carboxylic acids is 1. The van der Waals surface area contributed by atoms with Crippen LogP contribution in [0.3, 0.4) is 0 Å². The van der Waals surface area contributed by atoms with Crippen molar-refractivity contribution in [3.8, 4) is 0 Å². The molecule has 2 N–H and O–H groups in total. The Morgan fingerprint density at radius 2 is 2.06 bits per heavy atom. The number of alkyl halides is 3. The van der Waals surface area contributed by atoms with Crippen molar-refractivity contribution in [1.82, 2.24) is 15.5 Å². The number of halogens is 3. The standard InChI is InChI=1S/C11H16F3N3O/c1-6(10-7(2)16-17-8(10)3)15-9(18)4-5-11(12,13)14/h6H,4-5H2,1-3H3,(H,15,18)(H,16,17). The normalized spacial score (nSPS) is 13.4. The summed E-state index contributed by atoms with van der Waals surface area (Å²) in [7, 11) is 0. The van der Waals surface area contributed by atoms with E-state index in [0.29, 0.717) is 0 Å². The predicted molar refractivity (Wildman–Crippen MR) is 59.9 cm³/mol. The molecule has 0 radical (unpaired) electrons. The van der Waals surface area contributed by atoms with Crippen molar-refractivity contribution in [3.05, 3.63) is 17.0 Å². The van der Waals surface area contributed by atoms with Gasteiger partial charge < -0.3 is 5.32 Å². The Balaban J connectivity index is 2.55. The summed E-state index contributed by atoms with van der Waals surface area (Å²) in [6.45, 7) is 5.29. The predicted octanol–water partition coefficient (Wildman–Crippen LogP) is 2.55. The van der Waals surface area contributed by atoms with Gasteiger partial charge in [0.15, 0.2) is 0 Å². The maximum absolute atomic E-state index is 12.0. The molecule has 7 heteroatoms. The molecule has 0 fully saturated rings. The van der Waals surface area contributed by atoms with Crippen molar-refractivity contribution in [3.63, 3.8) is 0 Å². The molecule has 0 saturated carbocycles. The molecule has 18 heavy (non-hydrogen) atoms. The van der Waals surface area contributed by atoms with Crippen LogP contribution in [0.5, 0.6) is 0 Å². The summed E-state index contributed by atoms with van der Waals surface area (Å²) < 4.78 is 35.9. The number of amides is 1. The molecule has 1 amide bonds. The maximum atomic E-state index is 12.0. The molecule has 1 heterocycles. The summed E-state index contributed by atoms with van der Waals surface area (Å²) in [4.78, 5) is 11.4. The van der Waals surface area contributed by atoms with Gasteiger partial charge in [0, 0.05) is 17.7 Å². The molecule has 1 rings (SSSR count). The number of hydrogen-bond donors (Lipinski definition) is 2. The van der Waals surface area contributed by atoms with Gasteiger partial charge in [-0.3, -0.25) is 9.89 Å². The number of aryl methyl sites for hydroxylation is 2. The third-order valence-electron chi connectivity index (χ3n) is 2.63. The van der Waals surface area contributed by atoms with Crippen molar-refractivity contribution >= 4 is 5.91 Å². The first-order chi connectivity index (χ1) is 8.20. The molecular formula is C11H16F3N3O. The van der Waals surface area contributed by atoms with E-state index in [1.165, 1.54) is 0 Å². The SMILES string of the molecule is Cc1n[nH]c(C)c1C(C)NC(=O)CCC(F)(F)F. The molecule has 102 valence electrons. The van der Waals surface area contributed by atoms with E-state index in [1.54, 1.807) is 20.8 Å². The highest BCUT2D eigenvalue weighted by molar-refractivity contribution is 5.76. The third-order valence-corrected chi connectivity index (χ3v) is 2.63. The molecular weight excluding hydrogens is 247 g/mol. The second-order valence-corrected chi connectivity index (χ2v) is 4.25. The molecule has 1 aromatic rings. The first-order valence-electron chi connectivity index (χ1n) is 5.58. The van der Waals surface area contributed by atoms with E-state index < -0.39 is 24.9 Å². The molecule has 0 aromatic carbocycles. The number of nitrogens with one attached hydrogen (secondary N) is 2. The molecule has 0 aliphatic heterocycles. The first kappa shape index (κ1) is 14.5. The molecule has 0 spiro atoms. The van der Waals surface area contributed by atoms with Crippen molar-refractivity contribution in [2.24, 2.45) is 0 Å².